The van der Waals surface area contributed by atoms with Gasteiger partial charge in [-0.1, -0.05) is 34.1 Å². The van der Waals surface area contributed by atoms with Gasteiger partial charge in [-0.15, -0.1) is 0 Å². The number of halogens is 1. The number of nitrogens with two attached hydrogens (primary N) is 1. The van der Waals surface area contributed by atoms with Crippen molar-refractivity contribution >= 4 is 15.9 Å². The molecule has 0 saturated carbocycles. The van der Waals surface area contributed by atoms with Crippen LogP contribution in [0.4, 0.5) is 0 Å². The van der Waals surface area contributed by atoms with E-state index in [1.54, 1.807) is 0 Å². The Bertz CT molecular complexity index is 411. The van der Waals surface area contributed by atoms with E-state index in [1.165, 1.54) is 24.9 Å². The maximum absolute atomic E-state index is 9.06. The van der Waals surface area contributed by atoms with Gasteiger partial charge in [0.05, 0.1) is 0 Å². The van der Waals surface area contributed by atoms with Crippen molar-refractivity contribution < 1.29 is 5.11 Å². The van der Waals surface area contributed by atoms with Crippen molar-refractivity contribution in [3.8, 4) is 0 Å². The Morgan fingerprint density at radius 3 is 2.95 bits per heavy atom. The van der Waals surface area contributed by atoms with Gasteiger partial charge in [0.25, 0.3) is 0 Å². The quantitative estimate of drug-likeness (QED) is 0.836. The lowest BCUT2D eigenvalue weighted by molar-refractivity contribution is 0.144. The standard InChI is InChI=1S/C16H25BrN2O/c17-15-6-2-1-5-14(15)16(18)7-10-19-9-3-4-13(12-19)8-11-20/h1-2,5-6,13,16,20H,3-4,7-12,18H2. The second-order valence-electron chi connectivity index (χ2n) is 5.74. The van der Waals surface area contributed by atoms with E-state index in [0.717, 1.165) is 30.4 Å². The van der Waals surface area contributed by atoms with Crippen molar-refractivity contribution in [1.82, 2.24) is 4.90 Å². The molecule has 1 aliphatic rings. The highest BCUT2D eigenvalue weighted by Crippen LogP contribution is 2.25. The molecule has 2 rings (SSSR count). The van der Waals surface area contributed by atoms with Crippen molar-refractivity contribution in [3.05, 3.63) is 34.3 Å². The van der Waals surface area contributed by atoms with E-state index in [-0.39, 0.29) is 6.04 Å². The summed E-state index contributed by atoms with van der Waals surface area (Å²) in [7, 11) is 0. The Kier molecular flexibility index (Phi) is 6.49. The van der Waals surface area contributed by atoms with Gasteiger partial charge >= 0.3 is 0 Å². The molecule has 1 heterocycles. The number of piperidine rings is 1. The van der Waals surface area contributed by atoms with Gasteiger partial charge in [-0.2, -0.15) is 0 Å². The predicted octanol–water partition coefficient (Wildman–Crippen LogP) is 2.93. The molecule has 4 heteroatoms. The maximum atomic E-state index is 9.06. The number of aliphatic hydroxyl groups excluding tert-OH is 1. The number of rotatable bonds is 6. The van der Waals surface area contributed by atoms with Crippen LogP contribution in [0.1, 0.15) is 37.3 Å². The minimum absolute atomic E-state index is 0.0868. The predicted molar refractivity (Wildman–Crippen MR) is 86.6 cm³/mol. The molecule has 0 spiro atoms. The number of likely N-dealkylation sites (tertiary alicyclic amines) is 1. The fraction of sp³-hybridized carbons (Fsp3) is 0.625. The third-order valence-corrected chi connectivity index (χ3v) is 4.92. The first-order chi connectivity index (χ1) is 9.70. The van der Waals surface area contributed by atoms with E-state index in [1.807, 2.05) is 18.2 Å². The second kappa shape index (κ2) is 8.13. The van der Waals surface area contributed by atoms with Crippen LogP contribution in [0.3, 0.4) is 0 Å². The summed E-state index contributed by atoms with van der Waals surface area (Å²) in [4.78, 5) is 2.50. The fourth-order valence-electron chi connectivity index (χ4n) is 3.03. The largest absolute Gasteiger partial charge is 0.396 e. The molecule has 2 atom stereocenters. The van der Waals surface area contributed by atoms with Gasteiger partial charge < -0.3 is 15.7 Å². The zero-order chi connectivity index (χ0) is 14.4. The summed E-state index contributed by atoms with van der Waals surface area (Å²) >= 11 is 3.57. The van der Waals surface area contributed by atoms with Crippen molar-refractivity contribution in [1.29, 1.82) is 0 Å². The molecule has 1 aromatic rings. The molecule has 0 amide bonds. The van der Waals surface area contributed by atoms with E-state index in [9.17, 15) is 0 Å². The summed E-state index contributed by atoms with van der Waals surface area (Å²) in [5, 5.41) is 9.06. The lowest BCUT2D eigenvalue weighted by Gasteiger charge is -2.33. The van der Waals surface area contributed by atoms with Gasteiger partial charge in [-0.25, -0.2) is 0 Å². The lowest BCUT2D eigenvalue weighted by Crippen LogP contribution is -2.37. The highest BCUT2D eigenvalue weighted by Gasteiger charge is 2.20. The number of hydrogen-bond acceptors (Lipinski definition) is 3. The average molecular weight is 341 g/mol. The van der Waals surface area contributed by atoms with E-state index in [0.29, 0.717) is 12.5 Å². The molecule has 0 aromatic heterocycles. The molecule has 20 heavy (non-hydrogen) atoms. The normalized spacial score (nSPS) is 21.9. The van der Waals surface area contributed by atoms with Crippen LogP contribution in [-0.2, 0) is 0 Å². The first kappa shape index (κ1) is 16.0. The van der Waals surface area contributed by atoms with Gasteiger partial charge in [-0.05, 0) is 56.3 Å². The molecule has 1 aliphatic heterocycles. The topological polar surface area (TPSA) is 49.5 Å². The Hall–Kier alpha value is -0.420. The molecule has 0 bridgehead atoms. The Balaban J connectivity index is 1.81. The average Bonchev–Trinajstić information content (AvgIpc) is 2.46. The van der Waals surface area contributed by atoms with E-state index in [4.69, 9.17) is 10.8 Å². The van der Waals surface area contributed by atoms with Gasteiger partial charge in [-0.3, -0.25) is 0 Å². The van der Waals surface area contributed by atoms with Crippen LogP contribution < -0.4 is 5.73 Å². The van der Waals surface area contributed by atoms with Crippen LogP contribution in [0.2, 0.25) is 0 Å². The van der Waals surface area contributed by atoms with Crippen LogP contribution in [0.15, 0.2) is 28.7 Å². The van der Waals surface area contributed by atoms with Crippen molar-refractivity contribution in [2.24, 2.45) is 11.7 Å². The molecule has 0 aliphatic carbocycles. The third-order valence-electron chi connectivity index (χ3n) is 4.20. The summed E-state index contributed by atoms with van der Waals surface area (Å²) in [5.74, 6) is 0.661. The molecular formula is C16H25BrN2O. The summed E-state index contributed by atoms with van der Waals surface area (Å²) in [6.07, 6.45) is 4.42. The summed E-state index contributed by atoms with van der Waals surface area (Å²) < 4.78 is 1.10. The van der Waals surface area contributed by atoms with Gasteiger partial charge in [0.1, 0.15) is 0 Å². The van der Waals surface area contributed by atoms with E-state index >= 15 is 0 Å². The number of aliphatic hydroxyl groups is 1. The van der Waals surface area contributed by atoms with Gasteiger partial charge in [0.15, 0.2) is 0 Å². The molecule has 112 valence electrons. The first-order valence-corrected chi connectivity index (χ1v) is 8.33. The molecule has 1 fully saturated rings. The number of benzene rings is 1. The van der Waals surface area contributed by atoms with Crippen LogP contribution in [0.25, 0.3) is 0 Å². The summed E-state index contributed by atoms with van der Waals surface area (Å²) in [6.45, 7) is 3.65. The number of nitrogens with zero attached hydrogens (tertiary/aromatic N) is 1. The Labute approximate surface area is 130 Å². The van der Waals surface area contributed by atoms with Crippen LogP contribution in [0, 0.1) is 5.92 Å². The summed E-state index contributed by atoms with van der Waals surface area (Å²) in [6, 6.07) is 8.29. The molecule has 1 aromatic carbocycles. The van der Waals surface area contributed by atoms with Crippen molar-refractivity contribution in [2.45, 2.75) is 31.7 Å². The fourth-order valence-corrected chi connectivity index (χ4v) is 3.60. The zero-order valence-electron chi connectivity index (χ0n) is 12.0. The zero-order valence-corrected chi connectivity index (χ0v) is 13.6. The SMILES string of the molecule is NC(CCN1CCCC(CCO)C1)c1ccccc1Br. The minimum Gasteiger partial charge on any atom is -0.396 e. The maximum Gasteiger partial charge on any atom is 0.0434 e. The van der Waals surface area contributed by atoms with Crippen LogP contribution >= 0.6 is 15.9 Å². The van der Waals surface area contributed by atoms with Crippen molar-refractivity contribution in [3.63, 3.8) is 0 Å². The molecular weight excluding hydrogens is 316 g/mol. The molecule has 3 nitrogen and oxygen atoms in total. The Morgan fingerprint density at radius 2 is 2.20 bits per heavy atom. The van der Waals surface area contributed by atoms with Crippen molar-refractivity contribution in [2.75, 3.05) is 26.2 Å². The van der Waals surface area contributed by atoms with Crippen LogP contribution in [-0.4, -0.2) is 36.2 Å². The summed E-state index contributed by atoms with van der Waals surface area (Å²) in [5.41, 5.74) is 7.50. The monoisotopic (exact) mass is 340 g/mol. The highest BCUT2D eigenvalue weighted by atomic mass is 79.9. The minimum atomic E-state index is 0.0868. The molecule has 3 N–H and O–H groups in total. The van der Waals surface area contributed by atoms with Gasteiger partial charge in [0, 0.05) is 23.7 Å². The van der Waals surface area contributed by atoms with E-state index in [2.05, 4.69) is 26.9 Å². The van der Waals surface area contributed by atoms with Crippen LogP contribution in [0.5, 0.6) is 0 Å². The molecule has 1 saturated heterocycles. The third kappa shape index (κ3) is 4.55. The van der Waals surface area contributed by atoms with E-state index < -0.39 is 0 Å². The smallest absolute Gasteiger partial charge is 0.0434 e. The molecule has 0 radical (unpaired) electrons. The Morgan fingerprint density at radius 1 is 1.40 bits per heavy atom. The van der Waals surface area contributed by atoms with Gasteiger partial charge in [0.2, 0.25) is 0 Å². The second-order valence-corrected chi connectivity index (χ2v) is 6.59. The first-order valence-electron chi connectivity index (χ1n) is 7.54. The highest BCUT2D eigenvalue weighted by molar-refractivity contribution is 9.10. The molecule has 2 unspecified atom stereocenters. The number of hydrogen-bond donors (Lipinski definition) is 2. The lowest BCUT2D eigenvalue weighted by atomic mass is 9.94.